The van der Waals surface area contributed by atoms with E-state index in [1.54, 1.807) is 11.3 Å². The molecule has 0 spiro atoms. The molecule has 0 saturated heterocycles. The van der Waals surface area contributed by atoms with Crippen LogP contribution >= 0.6 is 11.3 Å². The van der Waals surface area contributed by atoms with Crippen molar-refractivity contribution in [3.8, 4) is 0 Å². The highest BCUT2D eigenvalue weighted by molar-refractivity contribution is 7.09. The number of thiazole rings is 1. The highest BCUT2D eigenvalue weighted by Crippen LogP contribution is 2.40. The molecule has 3 unspecified atom stereocenters. The Hall–Kier alpha value is -0.410. The molecule has 1 aromatic rings. The molecule has 18 heavy (non-hydrogen) atoms. The lowest BCUT2D eigenvalue weighted by Gasteiger charge is -2.36. The van der Waals surface area contributed by atoms with Crippen LogP contribution in [0, 0.1) is 18.8 Å². The van der Waals surface area contributed by atoms with Crippen LogP contribution in [-0.2, 0) is 0 Å². The molecule has 3 atom stereocenters. The maximum atomic E-state index is 4.73. The summed E-state index contributed by atoms with van der Waals surface area (Å²) in [5, 5.41) is 7.14. The Bertz CT molecular complexity index is 361. The van der Waals surface area contributed by atoms with Gasteiger partial charge in [-0.1, -0.05) is 39.5 Å². The third-order valence-corrected chi connectivity index (χ3v) is 5.09. The van der Waals surface area contributed by atoms with Gasteiger partial charge in [0.2, 0.25) is 0 Å². The molecule has 2 rings (SSSR count). The van der Waals surface area contributed by atoms with Crippen LogP contribution in [0.2, 0.25) is 0 Å². The standard InChI is InChI=1S/C15H26N2S/c1-4-12-8-6-7-9-13(12)15(16-5-2)14-10-18-11(3)17-14/h10,12-13,15-16H,4-9H2,1-3H3. The van der Waals surface area contributed by atoms with Crippen molar-refractivity contribution in [2.75, 3.05) is 6.54 Å². The zero-order valence-corrected chi connectivity index (χ0v) is 12.7. The number of aryl methyl sites for hydroxylation is 1. The lowest BCUT2D eigenvalue weighted by Crippen LogP contribution is -2.34. The van der Waals surface area contributed by atoms with Crippen molar-refractivity contribution >= 4 is 11.3 Å². The highest BCUT2D eigenvalue weighted by atomic mass is 32.1. The summed E-state index contributed by atoms with van der Waals surface area (Å²) in [6.07, 6.45) is 6.91. The van der Waals surface area contributed by atoms with E-state index in [0.29, 0.717) is 6.04 Å². The largest absolute Gasteiger partial charge is 0.309 e. The minimum absolute atomic E-state index is 0.477. The van der Waals surface area contributed by atoms with Gasteiger partial charge in [-0.25, -0.2) is 4.98 Å². The number of rotatable bonds is 5. The van der Waals surface area contributed by atoms with Gasteiger partial charge >= 0.3 is 0 Å². The van der Waals surface area contributed by atoms with E-state index in [1.165, 1.54) is 42.8 Å². The lowest BCUT2D eigenvalue weighted by atomic mass is 9.73. The second kappa shape index (κ2) is 6.67. The number of aromatic nitrogens is 1. The van der Waals surface area contributed by atoms with E-state index in [0.717, 1.165) is 18.4 Å². The third-order valence-electron chi connectivity index (χ3n) is 4.30. The van der Waals surface area contributed by atoms with Gasteiger partial charge in [0.15, 0.2) is 0 Å². The zero-order valence-electron chi connectivity index (χ0n) is 11.9. The van der Waals surface area contributed by atoms with Gasteiger partial charge in [-0.3, -0.25) is 0 Å². The maximum Gasteiger partial charge on any atom is 0.0898 e. The van der Waals surface area contributed by atoms with E-state index in [4.69, 9.17) is 4.98 Å². The van der Waals surface area contributed by atoms with Crippen molar-refractivity contribution in [3.63, 3.8) is 0 Å². The summed E-state index contributed by atoms with van der Waals surface area (Å²) in [4.78, 5) is 4.73. The number of nitrogens with zero attached hydrogens (tertiary/aromatic N) is 1. The minimum atomic E-state index is 0.477. The van der Waals surface area contributed by atoms with Crippen molar-refractivity contribution in [2.45, 2.75) is 58.9 Å². The van der Waals surface area contributed by atoms with Gasteiger partial charge in [-0.15, -0.1) is 11.3 Å². The predicted octanol–water partition coefficient (Wildman–Crippen LogP) is 4.32. The molecule has 0 aliphatic heterocycles. The first-order chi connectivity index (χ1) is 8.76. The van der Waals surface area contributed by atoms with Crippen LogP contribution in [0.4, 0.5) is 0 Å². The summed E-state index contributed by atoms with van der Waals surface area (Å²) in [5.74, 6) is 1.66. The van der Waals surface area contributed by atoms with Crippen LogP contribution in [0.1, 0.15) is 62.7 Å². The van der Waals surface area contributed by atoms with E-state index in [-0.39, 0.29) is 0 Å². The van der Waals surface area contributed by atoms with Crippen LogP contribution in [0.5, 0.6) is 0 Å². The van der Waals surface area contributed by atoms with Gasteiger partial charge in [-0.05, 0) is 31.7 Å². The van der Waals surface area contributed by atoms with Gasteiger partial charge < -0.3 is 5.32 Å². The second-order valence-corrected chi connectivity index (χ2v) is 6.51. The smallest absolute Gasteiger partial charge is 0.0898 e. The fourth-order valence-corrected chi connectivity index (χ4v) is 4.05. The van der Waals surface area contributed by atoms with E-state index >= 15 is 0 Å². The first kappa shape index (κ1) is 14.0. The molecule has 0 bridgehead atoms. The first-order valence-electron chi connectivity index (χ1n) is 7.41. The van der Waals surface area contributed by atoms with Crippen molar-refractivity contribution in [3.05, 3.63) is 16.1 Å². The first-order valence-corrected chi connectivity index (χ1v) is 8.29. The summed E-state index contributed by atoms with van der Waals surface area (Å²) < 4.78 is 0. The molecule has 1 aliphatic rings. The topological polar surface area (TPSA) is 24.9 Å². The summed E-state index contributed by atoms with van der Waals surface area (Å²) >= 11 is 1.78. The highest BCUT2D eigenvalue weighted by Gasteiger charge is 2.32. The Kier molecular flexibility index (Phi) is 5.19. The van der Waals surface area contributed by atoms with Crippen LogP contribution in [0.3, 0.4) is 0 Å². The average Bonchev–Trinajstić information content (AvgIpc) is 2.82. The number of hydrogen-bond acceptors (Lipinski definition) is 3. The molecule has 1 N–H and O–H groups in total. The molecule has 1 aliphatic carbocycles. The Morgan fingerprint density at radius 3 is 2.78 bits per heavy atom. The molecule has 0 radical (unpaired) electrons. The summed E-state index contributed by atoms with van der Waals surface area (Å²) in [5.41, 5.74) is 1.28. The van der Waals surface area contributed by atoms with Crippen LogP contribution in [-0.4, -0.2) is 11.5 Å². The quantitative estimate of drug-likeness (QED) is 0.858. The second-order valence-electron chi connectivity index (χ2n) is 5.44. The Morgan fingerprint density at radius 2 is 2.17 bits per heavy atom. The van der Waals surface area contributed by atoms with E-state index in [9.17, 15) is 0 Å². The maximum absolute atomic E-state index is 4.73. The normalized spacial score (nSPS) is 26.2. The molecule has 2 nitrogen and oxygen atoms in total. The van der Waals surface area contributed by atoms with Crippen molar-refractivity contribution in [1.82, 2.24) is 10.3 Å². The van der Waals surface area contributed by atoms with Crippen molar-refractivity contribution in [2.24, 2.45) is 11.8 Å². The SMILES string of the molecule is CCNC(c1csc(C)n1)C1CCCCC1CC. The summed E-state index contributed by atoms with van der Waals surface area (Å²) in [6, 6.07) is 0.477. The van der Waals surface area contributed by atoms with Crippen LogP contribution < -0.4 is 5.32 Å². The van der Waals surface area contributed by atoms with Crippen molar-refractivity contribution < 1.29 is 0 Å². The van der Waals surface area contributed by atoms with Crippen molar-refractivity contribution in [1.29, 1.82) is 0 Å². The Morgan fingerprint density at radius 1 is 1.39 bits per heavy atom. The summed E-state index contributed by atoms with van der Waals surface area (Å²) in [6.45, 7) is 7.69. The molecule has 0 aromatic carbocycles. The Labute approximate surface area is 115 Å². The zero-order chi connectivity index (χ0) is 13.0. The van der Waals surface area contributed by atoms with Gasteiger partial charge in [0.25, 0.3) is 0 Å². The summed E-state index contributed by atoms with van der Waals surface area (Å²) in [7, 11) is 0. The van der Waals surface area contributed by atoms with Crippen LogP contribution in [0.15, 0.2) is 5.38 Å². The van der Waals surface area contributed by atoms with Crippen LogP contribution in [0.25, 0.3) is 0 Å². The average molecular weight is 266 g/mol. The molecule has 1 saturated carbocycles. The number of hydrogen-bond donors (Lipinski definition) is 1. The lowest BCUT2D eigenvalue weighted by molar-refractivity contribution is 0.175. The molecule has 1 heterocycles. The molecule has 0 amide bonds. The van der Waals surface area contributed by atoms with Gasteiger partial charge in [0.05, 0.1) is 16.7 Å². The number of nitrogens with one attached hydrogen (secondary N) is 1. The molecule has 1 fully saturated rings. The molecular formula is C15H26N2S. The van der Waals surface area contributed by atoms with E-state index < -0.39 is 0 Å². The monoisotopic (exact) mass is 266 g/mol. The van der Waals surface area contributed by atoms with Gasteiger partial charge in [0.1, 0.15) is 0 Å². The molecule has 1 aromatic heterocycles. The van der Waals surface area contributed by atoms with E-state index in [1.807, 2.05) is 0 Å². The van der Waals surface area contributed by atoms with Gasteiger partial charge in [0, 0.05) is 5.38 Å². The molecule has 102 valence electrons. The Balaban J connectivity index is 2.17. The van der Waals surface area contributed by atoms with Gasteiger partial charge in [-0.2, -0.15) is 0 Å². The fourth-order valence-electron chi connectivity index (χ4n) is 3.40. The predicted molar refractivity (Wildman–Crippen MR) is 79.0 cm³/mol. The third kappa shape index (κ3) is 3.12. The molecule has 3 heteroatoms. The minimum Gasteiger partial charge on any atom is -0.309 e. The fraction of sp³-hybridized carbons (Fsp3) is 0.800. The molecular weight excluding hydrogens is 240 g/mol. The van der Waals surface area contributed by atoms with E-state index in [2.05, 4.69) is 31.5 Å².